The molecule has 178 valence electrons. The minimum absolute atomic E-state index is 0. The molecule has 1 aliphatic heterocycles. The number of halogens is 2. The normalized spacial score (nSPS) is 14.3. The number of nitrogens with zero attached hydrogens (tertiary/aromatic N) is 5. The van der Waals surface area contributed by atoms with Crippen molar-refractivity contribution in [1.29, 1.82) is 0 Å². The predicted molar refractivity (Wildman–Crippen MR) is 140 cm³/mol. The number of anilines is 1. The fourth-order valence-corrected chi connectivity index (χ4v) is 5.52. The zero-order valence-electron chi connectivity index (χ0n) is 18.7. The van der Waals surface area contributed by atoms with E-state index >= 15 is 0 Å². The molecule has 3 heterocycles. The van der Waals surface area contributed by atoms with Crippen molar-refractivity contribution < 1.29 is 9.53 Å². The van der Waals surface area contributed by atoms with Crippen molar-refractivity contribution in [2.45, 2.75) is 13.3 Å². The second-order valence-electron chi connectivity index (χ2n) is 8.09. The second-order valence-corrected chi connectivity index (χ2v) is 9.54. The third-order valence-corrected chi connectivity index (χ3v) is 7.03. The fourth-order valence-electron chi connectivity index (χ4n) is 4.07. The van der Waals surface area contributed by atoms with Crippen LogP contribution in [0.4, 0.5) is 5.13 Å². The number of hydrogen-bond acceptors (Lipinski definition) is 7. The Morgan fingerprint density at radius 2 is 1.91 bits per heavy atom. The molecule has 5 rings (SSSR count). The summed E-state index contributed by atoms with van der Waals surface area (Å²) in [4.78, 5) is 31.3. The van der Waals surface area contributed by atoms with Crippen LogP contribution in [0.3, 0.4) is 0 Å². The molecule has 7 nitrogen and oxygen atoms in total. The summed E-state index contributed by atoms with van der Waals surface area (Å²) in [6, 6.07) is 9.26. The van der Waals surface area contributed by atoms with E-state index in [1.54, 1.807) is 23.4 Å². The molecule has 1 amide bonds. The van der Waals surface area contributed by atoms with Crippen molar-refractivity contribution in [3.63, 3.8) is 0 Å². The standard InChI is InChI=1S/C24H24ClN5O2S.ClH/c1-16-13-18(25)15-21-22(16)28-24(33-21)30(8-2-7-29-9-11-32-12-10-29)23(31)17-3-4-19-20(14-17)27-6-5-26-19;/h3-6,13-15H,2,7-12H2,1H3;1H. The molecule has 0 radical (unpaired) electrons. The summed E-state index contributed by atoms with van der Waals surface area (Å²) in [5, 5.41) is 1.36. The average molecular weight is 518 g/mol. The van der Waals surface area contributed by atoms with E-state index in [2.05, 4.69) is 14.9 Å². The number of carbonyl (C=O) groups is 1. The molecule has 0 unspecified atom stereocenters. The monoisotopic (exact) mass is 517 g/mol. The number of aromatic nitrogens is 3. The molecule has 1 saturated heterocycles. The Labute approximate surface area is 213 Å². The lowest BCUT2D eigenvalue weighted by Gasteiger charge is -2.27. The Hall–Kier alpha value is -2.36. The lowest BCUT2D eigenvalue weighted by Crippen LogP contribution is -2.39. The van der Waals surface area contributed by atoms with Crippen LogP contribution >= 0.6 is 35.3 Å². The van der Waals surface area contributed by atoms with Crippen molar-refractivity contribution in [3.05, 3.63) is 58.9 Å². The van der Waals surface area contributed by atoms with Gasteiger partial charge in [-0.05, 0) is 49.2 Å². The Balaban J connectivity index is 0.00000274. The number of morpholine rings is 1. The van der Waals surface area contributed by atoms with Gasteiger partial charge in [0.2, 0.25) is 0 Å². The number of amides is 1. The Bertz CT molecular complexity index is 1310. The van der Waals surface area contributed by atoms with E-state index in [1.807, 2.05) is 31.2 Å². The number of carbonyl (C=O) groups excluding carboxylic acids is 1. The van der Waals surface area contributed by atoms with Gasteiger partial charge in [0.15, 0.2) is 5.13 Å². The van der Waals surface area contributed by atoms with Crippen LogP contribution in [0, 0.1) is 6.92 Å². The Kier molecular flexibility index (Phi) is 7.95. The SMILES string of the molecule is Cc1cc(Cl)cc2sc(N(CCCN3CCOCC3)C(=O)c3ccc4nccnc4c3)nc12.Cl. The molecule has 4 aromatic rings. The van der Waals surface area contributed by atoms with Gasteiger partial charge >= 0.3 is 0 Å². The number of fused-ring (bicyclic) bond motifs is 2. The summed E-state index contributed by atoms with van der Waals surface area (Å²) in [5.41, 5.74) is 3.92. The lowest BCUT2D eigenvalue weighted by molar-refractivity contribution is 0.0376. The Morgan fingerprint density at radius 3 is 2.71 bits per heavy atom. The van der Waals surface area contributed by atoms with Crippen LogP contribution in [0.2, 0.25) is 5.02 Å². The minimum Gasteiger partial charge on any atom is -0.379 e. The zero-order chi connectivity index (χ0) is 22.8. The number of thiazole rings is 1. The first kappa shape index (κ1) is 24.8. The molecular weight excluding hydrogens is 493 g/mol. The highest BCUT2D eigenvalue weighted by Gasteiger charge is 2.23. The summed E-state index contributed by atoms with van der Waals surface area (Å²) >= 11 is 7.76. The maximum absolute atomic E-state index is 13.7. The van der Waals surface area contributed by atoms with Gasteiger partial charge in [0, 0.05) is 49.2 Å². The predicted octanol–water partition coefficient (Wildman–Crippen LogP) is 4.99. The first-order valence-electron chi connectivity index (χ1n) is 11.0. The number of hydrogen-bond donors (Lipinski definition) is 0. The van der Waals surface area contributed by atoms with Crippen LogP contribution in [0.1, 0.15) is 22.3 Å². The van der Waals surface area contributed by atoms with Gasteiger partial charge in [-0.25, -0.2) is 4.98 Å². The average Bonchev–Trinajstić information content (AvgIpc) is 3.26. The quantitative estimate of drug-likeness (QED) is 0.358. The van der Waals surface area contributed by atoms with Crippen molar-refractivity contribution in [1.82, 2.24) is 19.9 Å². The van der Waals surface area contributed by atoms with E-state index < -0.39 is 0 Å². The van der Waals surface area contributed by atoms with Crippen LogP contribution in [0.5, 0.6) is 0 Å². The van der Waals surface area contributed by atoms with Gasteiger partial charge < -0.3 is 4.74 Å². The molecular formula is C24H25Cl2N5O2S. The van der Waals surface area contributed by atoms with Crippen molar-refractivity contribution in [2.75, 3.05) is 44.3 Å². The highest BCUT2D eigenvalue weighted by Crippen LogP contribution is 2.34. The molecule has 0 saturated carbocycles. The maximum atomic E-state index is 13.7. The van der Waals surface area contributed by atoms with Crippen molar-refractivity contribution in [2.24, 2.45) is 0 Å². The van der Waals surface area contributed by atoms with Gasteiger partial charge in [-0.1, -0.05) is 22.9 Å². The molecule has 0 N–H and O–H groups in total. The third kappa shape index (κ3) is 5.31. The van der Waals surface area contributed by atoms with Crippen LogP contribution < -0.4 is 4.90 Å². The first-order chi connectivity index (χ1) is 16.1. The molecule has 0 spiro atoms. The molecule has 0 aliphatic carbocycles. The zero-order valence-corrected chi connectivity index (χ0v) is 21.1. The third-order valence-electron chi connectivity index (χ3n) is 5.79. The lowest BCUT2D eigenvalue weighted by atomic mass is 10.1. The minimum atomic E-state index is -0.0904. The summed E-state index contributed by atoms with van der Waals surface area (Å²) in [6.07, 6.45) is 4.13. The van der Waals surface area contributed by atoms with Crippen molar-refractivity contribution in [3.8, 4) is 0 Å². The first-order valence-corrected chi connectivity index (χ1v) is 12.2. The van der Waals surface area contributed by atoms with E-state index in [9.17, 15) is 4.79 Å². The largest absolute Gasteiger partial charge is 0.379 e. The van der Waals surface area contributed by atoms with Crippen LogP contribution in [-0.2, 0) is 4.74 Å². The summed E-state index contributed by atoms with van der Waals surface area (Å²) in [6.45, 7) is 6.85. The van der Waals surface area contributed by atoms with Crippen LogP contribution in [0.15, 0.2) is 42.7 Å². The van der Waals surface area contributed by atoms with Gasteiger partial charge in [-0.15, -0.1) is 12.4 Å². The van der Waals surface area contributed by atoms with Gasteiger partial charge in [0.1, 0.15) is 0 Å². The van der Waals surface area contributed by atoms with E-state index in [4.69, 9.17) is 21.3 Å². The van der Waals surface area contributed by atoms with Gasteiger partial charge in [0.05, 0.1) is 34.5 Å². The molecule has 2 aromatic carbocycles. The van der Waals surface area contributed by atoms with Crippen LogP contribution in [0.25, 0.3) is 21.3 Å². The summed E-state index contributed by atoms with van der Waals surface area (Å²) < 4.78 is 6.42. The van der Waals surface area contributed by atoms with E-state index in [1.165, 1.54) is 11.3 Å². The smallest absolute Gasteiger partial charge is 0.260 e. The molecule has 1 aliphatic rings. The van der Waals surface area contributed by atoms with Crippen molar-refractivity contribution >= 4 is 67.6 Å². The van der Waals surface area contributed by atoms with Gasteiger partial charge in [-0.2, -0.15) is 0 Å². The topological polar surface area (TPSA) is 71.5 Å². The molecule has 0 atom stereocenters. The second kappa shape index (κ2) is 10.9. The molecule has 1 fully saturated rings. The molecule has 34 heavy (non-hydrogen) atoms. The summed E-state index contributed by atoms with van der Waals surface area (Å²) in [7, 11) is 0. The number of rotatable bonds is 6. The number of aryl methyl sites for hydroxylation is 1. The van der Waals surface area contributed by atoms with Gasteiger partial charge in [-0.3, -0.25) is 24.6 Å². The highest BCUT2D eigenvalue weighted by molar-refractivity contribution is 7.22. The van der Waals surface area contributed by atoms with E-state index in [-0.39, 0.29) is 18.3 Å². The fraction of sp³-hybridized carbons (Fsp3) is 0.333. The molecule has 10 heteroatoms. The number of ether oxygens (including phenoxy) is 1. The van der Waals surface area contributed by atoms with Gasteiger partial charge in [0.25, 0.3) is 5.91 Å². The highest BCUT2D eigenvalue weighted by atomic mass is 35.5. The van der Waals surface area contributed by atoms with Crippen LogP contribution in [-0.4, -0.2) is 65.2 Å². The Morgan fingerprint density at radius 1 is 1.15 bits per heavy atom. The maximum Gasteiger partial charge on any atom is 0.260 e. The molecule has 0 bridgehead atoms. The van der Waals surface area contributed by atoms with E-state index in [0.29, 0.717) is 27.8 Å². The number of benzene rings is 2. The van der Waals surface area contributed by atoms with E-state index in [0.717, 1.165) is 60.6 Å². The molecule has 2 aromatic heterocycles. The summed E-state index contributed by atoms with van der Waals surface area (Å²) in [5.74, 6) is -0.0904.